The molecule has 1 saturated heterocycles. The lowest BCUT2D eigenvalue weighted by Crippen LogP contribution is -2.26. The minimum atomic E-state index is -4.70. The number of benzene rings is 1. The van der Waals surface area contributed by atoms with Crippen molar-refractivity contribution in [3.8, 4) is 0 Å². The summed E-state index contributed by atoms with van der Waals surface area (Å²) in [5.74, 6) is 0.522. The van der Waals surface area contributed by atoms with Gasteiger partial charge in [0.05, 0.1) is 0 Å². The van der Waals surface area contributed by atoms with E-state index < -0.39 is 15.5 Å². The van der Waals surface area contributed by atoms with Crippen LogP contribution in [0.25, 0.3) is 0 Å². The molecular formula is C15H16FN3O3S. The van der Waals surface area contributed by atoms with Gasteiger partial charge in [0, 0.05) is 37.6 Å². The fourth-order valence-corrected chi connectivity index (χ4v) is 3.33. The molecule has 122 valence electrons. The van der Waals surface area contributed by atoms with Gasteiger partial charge in [0.2, 0.25) is 5.91 Å². The summed E-state index contributed by atoms with van der Waals surface area (Å²) in [4.78, 5) is 17.4. The van der Waals surface area contributed by atoms with Crippen molar-refractivity contribution in [2.24, 2.45) is 0 Å². The van der Waals surface area contributed by atoms with Gasteiger partial charge in [-0.3, -0.25) is 4.79 Å². The molecule has 1 aliphatic heterocycles. The number of aryl methyl sites for hydroxylation is 1. The smallest absolute Gasteiger partial charge is 0.307 e. The Labute approximate surface area is 133 Å². The van der Waals surface area contributed by atoms with Gasteiger partial charge in [-0.1, -0.05) is 12.1 Å². The number of hydrogen-bond acceptors (Lipinski definition) is 4. The molecule has 3 rings (SSSR count). The molecule has 1 aromatic heterocycles. The zero-order chi connectivity index (χ0) is 16.6. The van der Waals surface area contributed by atoms with Gasteiger partial charge in [-0.2, -0.15) is 8.42 Å². The van der Waals surface area contributed by atoms with Crippen LogP contribution in [-0.4, -0.2) is 35.7 Å². The predicted molar refractivity (Wildman–Crippen MR) is 83.3 cm³/mol. The Kier molecular flexibility index (Phi) is 3.93. The number of anilines is 1. The molecule has 6 nitrogen and oxygen atoms in total. The molecular weight excluding hydrogens is 321 g/mol. The Morgan fingerprint density at radius 3 is 2.52 bits per heavy atom. The number of imidazole rings is 1. The molecule has 1 unspecified atom stereocenters. The SMILES string of the molecule is Cc1nccn1Cc1ccc(N2CC(S(=O)(=O)F)CC2=O)cc1. The summed E-state index contributed by atoms with van der Waals surface area (Å²) in [5, 5.41) is -1.27. The van der Waals surface area contributed by atoms with Crippen LogP contribution in [0.5, 0.6) is 0 Å². The van der Waals surface area contributed by atoms with Crippen molar-refractivity contribution in [2.75, 3.05) is 11.4 Å². The molecule has 0 N–H and O–H groups in total. The molecule has 0 bridgehead atoms. The topological polar surface area (TPSA) is 72.3 Å². The first-order chi connectivity index (χ1) is 10.8. The highest BCUT2D eigenvalue weighted by Gasteiger charge is 2.38. The second-order valence-corrected chi connectivity index (χ2v) is 7.19. The Morgan fingerprint density at radius 1 is 1.30 bits per heavy atom. The molecule has 23 heavy (non-hydrogen) atoms. The Bertz CT molecular complexity index is 830. The summed E-state index contributed by atoms with van der Waals surface area (Å²) in [6.45, 7) is 2.42. The average Bonchev–Trinajstić information content (AvgIpc) is 3.06. The van der Waals surface area contributed by atoms with E-state index in [0.29, 0.717) is 12.2 Å². The van der Waals surface area contributed by atoms with Gasteiger partial charge in [0.1, 0.15) is 11.1 Å². The van der Waals surface area contributed by atoms with E-state index in [2.05, 4.69) is 4.98 Å². The van der Waals surface area contributed by atoms with E-state index in [9.17, 15) is 17.1 Å². The summed E-state index contributed by atoms with van der Waals surface area (Å²) >= 11 is 0. The van der Waals surface area contributed by atoms with Gasteiger partial charge in [0.25, 0.3) is 0 Å². The van der Waals surface area contributed by atoms with E-state index >= 15 is 0 Å². The molecule has 2 heterocycles. The summed E-state index contributed by atoms with van der Waals surface area (Å²) in [6, 6.07) is 7.21. The van der Waals surface area contributed by atoms with Gasteiger partial charge in [-0.15, -0.1) is 3.89 Å². The van der Waals surface area contributed by atoms with Crippen molar-refractivity contribution >= 4 is 21.8 Å². The second-order valence-electron chi connectivity index (χ2n) is 5.57. The minimum absolute atomic E-state index is 0.141. The van der Waals surface area contributed by atoms with Crippen molar-refractivity contribution in [1.82, 2.24) is 9.55 Å². The van der Waals surface area contributed by atoms with Crippen LogP contribution in [-0.2, 0) is 21.6 Å². The minimum Gasteiger partial charge on any atom is -0.331 e. The van der Waals surface area contributed by atoms with Gasteiger partial charge < -0.3 is 9.47 Å². The third kappa shape index (κ3) is 3.26. The number of halogens is 1. The lowest BCUT2D eigenvalue weighted by atomic mass is 10.2. The monoisotopic (exact) mass is 337 g/mol. The first-order valence-electron chi connectivity index (χ1n) is 7.15. The van der Waals surface area contributed by atoms with Crippen molar-refractivity contribution in [3.63, 3.8) is 0 Å². The molecule has 0 saturated carbocycles. The molecule has 1 amide bonds. The van der Waals surface area contributed by atoms with Gasteiger partial charge in [-0.05, 0) is 24.6 Å². The molecule has 8 heteroatoms. The predicted octanol–water partition coefficient (Wildman–Crippen LogP) is 1.64. The molecule has 0 spiro atoms. The maximum Gasteiger partial charge on any atom is 0.307 e. The number of carbonyl (C=O) groups is 1. The summed E-state index contributed by atoms with van der Waals surface area (Å²) in [7, 11) is -4.70. The van der Waals surface area contributed by atoms with E-state index in [1.165, 1.54) is 4.90 Å². The maximum absolute atomic E-state index is 13.1. The van der Waals surface area contributed by atoms with Crippen LogP contribution in [0.3, 0.4) is 0 Å². The van der Waals surface area contributed by atoms with Crippen LogP contribution in [0, 0.1) is 6.92 Å². The van der Waals surface area contributed by atoms with Gasteiger partial charge >= 0.3 is 10.2 Å². The highest BCUT2D eigenvalue weighted by Crippen LogP contribution is 2.26. The molecule has 0 radical (unpaired) electrons. The fraction of sp³-hybridized carbons (Fsp3) is 0.333. The fourth-order valence-electron chi connectivity index (χ4n) is 2.66. The molecule has 2 aromatic rings. The maximum atomic E-state index is 13.1. The van der Waals surface area contributed by atoms with Crippen molar-refractivity contribution in [3.05, 3.63) is 48.0 Å². The molecule has 0 aliphatic carbocycles. The van der Waals surface area contributed by atoms with Crippen molar-refractivity contribution in [2.45, 2.75) is 25.1 Å². The van der Waals surface area contributed by atoms with Crippen LogP contribution < -0.4 is 4.90 Å². The van der Waals surface area contributed by atoms with Gasteiger partial charge in [0.15, 0.2) is 0 Å². The number of hydrogen-bond donors (Lipinski definition) is 0. The molecule has 1 aliphatic rings. The van der Waals surface area contributed by atoms with Gasteiger partial charge in [-0.25, -0.2) is 4.98 Å². The highest BCUT2D eigenvalue weighted by atomic mass is 32.3. The van der Waals surface area contributed by atoms with Crippen LogP contribution in [0.4, 0.5) is 9.57 Å². The second kappa shape index (κ2) is 5.77. The van der Waals surface area contributed by atoms with E-state index in [4.69, 9.17) is 0 Å². The van der Waals surface area contributed by atoms with E-state index in [0.717, 1.165) is 11.4 Å². The largest absolute Gasteiger partial charge is 0.331 e. The first-order valence-corrected chi connectivity index (χ1v) is 8.60. The normalized spacial score (nSPS) is 18.6. The quantitative estimate of drug-likeness (QED) is 0.795. The lowest BCUT2D eigenvalue weighted by Gasteiger charge is -2.16. The Hall–Kier alpha value is -2.22. The number of amides is 1. The molecule has 1 atom stereocenters. The zero-order valence-electron chi connectivity index (χ0n) is 12.5. The van der Waals surface area contributed by atoms with Crippen molar-refractivity contribution in [1.29, 1.82) is 0 Å². The van der Waals surface area contributed by atoms with Crippen LogP contribution >= 0.6 is 0 Å². The van der Waals surface area contributed by atoms with E-state index in [-0.39, 0.29) is 18.9 Å². The van der Waals surface area contributed by atoms with Crippen molar-refractivity contribution < 1.29 is 17.1 Å². The van der Waals surface area contributed by atoms with E-state index in [1.54, 1.807) is 18.3 Å². The number of nitrogens with zero attached hydrogens (tertiary/aromatic N) is 3. The third-order valence-corrected chi connectivity index (χ3v) is 5.12. The highest BCUT2D eigenvalue weighted by molar-refractivity contribution is 7.87. The summed E-state index contributed by atoms with van der Waals surface area (Å²) in [6.07, 6.45) is 3.29. The standard InChI is InChI=1S/C15H16FN3O3S/c1-11-17-6-7-18(11)9-12-2-4-13(5-3-12)19-10-14(8-15(19)20)23(16,21)22/h2-7,14H,8-10H2,1H3. The van der Waals surface area contributed by atoms with Crippen LogP contribution in [0.2, 0.25) is 0 Å². The molecule has 1 fully saturated rings. The molecule has 1 aromatic carbocycles. The Balaban J connectivity index is 1.75. The van der Waals surface area contributed by atoms with Crippen LogP contribution in [0.15, 0.2) is 36.7 Å². The average molecular weight is 337 g/mol. The first kappa shape index (κ1) is 15.7. The Morgan fingerprint density at radius 2 is 2.00 bits per heavy atom. The summed E-state index contributed by atoms with van der Waals surface area (Å²) in [5.41, 5.74) is 1.60. The zero-order valence-corrected chi connectivity index (χ0v) is 13.3. The van der Waals surface area contributed by atoms with E-state index in [1.807, 2.05) is 29.8 Å². The number of carbonyl (C=O) groups excluding carboxylic acids is 1. The summed E-state index contributed by atoms with van der Waals surface area (Å²) < 4.78 is 37.0. The number of rotatable bonds is 4. The lowest BCUT2D eigenvalue weighted by molar-refractivity contribution is -0.117. The number of aromatic nitrogens is 2. The third-order valence-electron chi connectivity index (χ3n) is 4.01. The van der Waals surface area contributed by atoms with Crippen LogP contribution in [0.1, 0.15) is 17.8 Å².